The minimum absolute atomic E-state index is 0.0183. The van der Waals surface area contributed by atoms with Crippen molar-refractivity contribution in [3.63, 3.8) is 0 Å². The van der Waals surface area contributed by atoms with Crippen molar-refractivity contribution in [2.24, 2.45) is 5.92 Å². The van der Waals surface area contributed by atoms with Gasteiger partial charge in [-0.1, -0.05) is 6.58 Å². The number of rotatable bonds is 8. The van der Waals surface area contributed by atoms with E-state index in [1.54, 1.807) is 0 Å². The van der Waals surface area contributed by atoms with Gasteiger partial charge in [-0.3, -0.25) is 0 Å². The number of hydrogen-bond donors (Lipinski definition) is 1. The molecule has 2 fully saturated rings. The number of hydrogen-bond acceptors (Lipinski definition) is 5. The Labute approximate surface area is 100 Å². The minimum atomic E-state index is -0.426. The molecule has 2 rings (SSSR count). The lowest BCUT2D eigenvalue weighted by molar-refractivity contribution is -0.140. The molecule has 5 heteroatoms. The molecule has 0 aromatic rings. The molecule has 5 nitrogen and oxygen atoms in total. The third-order valence-corrected chi connectivity index (χ3v) is 2.98. The van der Waals surface area contributed by atoms with Gasteiger partial charge in [-0.25, -0.2) is 4.79 Å². The molecule has 0 spiro atoms. The van der Waals surface area contributed by atoms with E-state index >= 15 is 0 Å². The van der Waals surface area contributed by atoms with E-state index < -0.39 is 5.97 Å². The number of carbonyl (C=O) groups is 1. The predicted molar refractivity (Wildman–Crippen MR) is 59.4 cm³/mol. The topological polar surface area (TPSA) is 71.6 Å². The fourth-order valence-electron chi connectivity index (χ4n) is 1.82. The van der Waals surface area contributed by atoms with Crippen molar-refractivity contribution >= 4 is 5.97 Å². The molecule has 17 heavy (non-hydrogen) atoms. The Morgan fingerprint density at radius 3 is 2.29 bits per heavy atom. The monoisotopic (exact) mass is 242 g/mol. The number of aliphatic hydroxyl groups excluding tert-OH is 1. The van der Waals surface area contributed by atoms with Crippen molar-refractivity contribution < 1.29 is 24.1 Å². The number of epoxide rings is 2. The molecule has 0 aromatic heterocycles. The molecule has 0 bridgehead atoms. The molecule has 2 saturated heterocycles. The van der Waals surface area contributed by atoms with Gasteiger partial charge in [0.2, 0.25) is 0 Å². The fraction of sp³-hybridized carbons (Fsp3) is 0.750. The van der Waals surface area contributed by atoms with Crippen molar-refractivity contribution in [2.75, 3.05) is 26.4 Å². The largest absolute Gasteiger partial charge is 0.460 e. The number of esters is 1. The zero-order chi connectivity index (χ0) is 12.3. The molecule has 96 valence electrons. The SMILES string of the molecule is C=C(C(=O)OCCO)C(CC1CO1)CC1CO1. The van der Waals surface area contributed by atoms with Crippen molar-refractivity contribution in [1.82, 2.24) is 0 Å². The minimum Gasteiger partial charge on any atom is -0.460 e. The average Bonchev–Trinajstić information content (AvgIpc) is 3.18. The van der Waals surface area contributed by atoms with Crippen LogP contribution >= 0.6 is 0 Å². The van der Waals surface area contributed by atoms with E-state index in [0.29, 0.717) is 5.57 Å². The van der Waals surface area contributed by atoms with Crippen LogP contribution in [0.3, 0.4) is 0 Å². The van der Waals surface area contributed by atoms with Crippen molar-refractivity contribution in [3.05, 3.63) is 12.2 Å². The summed E-state index contributed by atoms with van der Waals surface area (Å²) in [5, 5.41) is 8.60. The fourth-order valence-corrected chi connectivity index (χ4v) is 1.82. The highest BCUT2D eigenvalue weighted by atomic mass is 16.6. The first-order valence-electron chi connectivity index (χ1n) is 5.90. The predicted octanol–water partition coefficient (Wildman–Crippen LogP) is 0.272. The molecular formula is C12H18O5. The first kappa shape index (κ1) is 12.5. The Bertz CT molecular complexity index is 279. The summed E-state index contributed by atoms with van der Waals surface area (Å²) in [7, 11) is 0. The van der Waals surface area contributed by atoms with E-state index in [1.165, 1.54) is 0 Å². The highest BCUT2D eigenvalue weighted by Crippen LogP contribution is 2.31. The van der Waals surface area contributed by atoms with E-state index in [4.69, 9.17) is 19.3 Å². The molecule has 1 N–H and O–H groups in total. The van der Waals surface area contributed by atoms with Gasteiger partial charge >= 0.3 is 5.97 Å². The van der Waals surface area contributed by atoms with Gasteiger partial charge in [0.1, 0.15) is 6.61 Å². The van der Waals surface area contributed by atoms with E-state index in [-0.39, 0.29) is 31.3 Å². The molecule has 0 amide bonds. The van der Waals surface area contributed by atoms with Crippen molar-refractivity contribution in [3.8, 4) is 0 Å². The van der Waals surface area contributed by atoms with Crippen LogP contribution in [0.4, 0.5) is 0 Å². The molecule has 0 aliphatic carbocycles. The van der Waals surface area contributed by atoms with Crippen LogP contribution in [0, 0.1) is 5.92 Å². The summed E-state index contributed by atoms with van der Waals surface area (Å²) in [6.45, 7) is 5.18. The van der Waals surface area contributed by atoms with Crippen LogP contribution < -0.4 is 0 Å². The molecule has 0 saturated carbocycles. The Kier molecular flexibility index (Phi) is 4.15. The smallest absolute Gasteiger partial charge is 0.333 e. The molecule has 2 unspecified atom stereocenters. The van der Waals surface area contributed by atoms with Gasteiger partial charge in [0.15, 0.2) is 0 Å². The van der Waals surface area contributed by atoms with Crippen molar-refractivity contribution in [2.45, 2.75) is 25.0 Å². The lowest BCUT2D eigenvalue weighted by Crippen LogP contribution is -2.19. The maximum Gasteiger partial charge on any atom is 0.333 e. The quantitative estimate of drug-likeness (QED) is 0.376. The number of ether oxygens (including phenoxy) is 3. The summed E-state index contributed by atoms with van der Waals surface area (Å²) in [6.07, 6.45) is 2.10. The van der Waals surface area contributed by atoms with Gasteiger partial charge in [0.25, 0.3) is 0 Å². The first-order valence-corrected chi connectivity index (χ1v) is 5.90. The highest BCUT2D eigenvalue weighted by molar-refractivity contribution is 5.88. The van der Waals surface area contributed by atoms with Crippen LogP contribution in [0.5, 0.6) is 0 Å². The van der Waals surface area contributed by atoms with Gasteiger partial charge in [0, 0.05) is 5.57 Å². The summed E-state index contributed by atoms with van der Waals surface area (Å²) in [6, 6.07) is 0. The second-order valence-electron chi connectivity index (χ2n) is 4.46. The molecule has 2 atom stereocenters. The summed E-state index contributed by atoms with van der Waals surface area (Å²) in [4.78, 5) is 11.6. The maximum absolute atomic E-state index is 11.6. The second kappa shape index (κ2) is 5.62. The van der Waals surface area contributed by atoms with Crippen LogP contribution in [-0.2, 0) is 19.0 Å². The van der Waals surface area contributed by atoms with Gasteiger partial charge in [-0.05, 0) is 18.8 Å². The van der Waals surface area contributed by atoms with Crippen molar-refractivity contribution in [1.29, 1.82) is 0 Å². The average molecular weight is 242 g/mol. The molecule has 2 aliphatic rings. The van der Waals surface area contributed by atoms with Crippen LogP contribution in [0.2, 0.25) is 0 Å². The molecular weight excluding hydrogens is 224 g/mol. The molecule has 0 aromatic carbocycles. The molecule has 2 heterocycles. The van der Waals surface area contributed by atoms with Crippen LogP contribution in [0.25, 0.3) is 0 Å². The van der Waals surface area contributed by atoms with Gasteiger partial charge in [-0.15, -0.1) is 0 Å². The summed E-state index contributed by atoms with van der Waals surface area (Å²) in [5.74, 6) is -0.369. The normalized spacial score (nSPS) is 27.4. The Hall–Kier alpha value is -0.910. The van der Waals surface area contributed by atoms with Crippen LogP contribution in [0.1, 0.15) is 12.8 Å². The molecule has 2 aliphatic heterocycles. The van der Waals surface area contributed by atoms with E-state index in [0.717, 1.165) is 26.1 Å². The molecule has 0 radical (unpaired) electrons. The first-order chi connectivity index (χ1) is 8.20. The zero-order valence-electron chi connectivity index (χ0n) is 9.76. The summed E-state index contributed by atoms with van der Waals surface area (Å²) in [5.41, 5.74) is 0.462. The van der Waals surface area contributed by atoms with E-state index in [1.807, 2.05) is 0 Å². The second-order valence-corrected chi connectivity index (χ2v) is 4.46. The summed E-state index contributed by atoms with van der Waals surface area (Å²) < 4.78 is 15.2. The summed E-state index contributed by atoms with van der Waals surface area (Å²) >= 11 is 0. The maximum atomic E-state index is 11.6. The lowest BCUT2D eigenvalue weighted by atomic mass is 9.90. The van der Waals surface area contributed by atoms with Crippen LogP contribution in [0.15, 0.2) is 12.2 Å². The van der Waals surface area contributed by atoms with Gasteiger partial charge in [0.05, 0.1) is 32.0 Å². The third-order valence-electron chi connectivity index (χ3n) is 2.98. The zero-order valence-corrected chi connectivity index (χ0v) is 9.76. The lowest BCUT2D eigenvalue weighted by Gasteiger charge is -2.16. The van der Waals surface area contributed by atoms with Crippen LogP contribution in [-0.4, -0.2) is 49.7 Å². The van der Waals surface area contributed by atoms with Gasteiger partial charge < -0.3 is 19.3 Å². The van der Waals surface area contributed by atoms with Gasteiger partial charge in [-0.2, -0.15) is 0 Å². The third kappa shape index (κ3) is 4.11. The Morgan fingerprint density at radius 1 is 1.35 bits per heavy atom. The Morgan fingerprint density at radius 2 is 1.88 bits per heavy atom. The highest BCUT2D eigenvalue weighted by Gasteiger charge is 2.35. The number of carbonyl (C=O) groups excluding carboxylic acids is 1. The van der Waals surface area contributed by atoms with E-state index in [2.05, 4.69) is 6.58 Å². The Balaban J connectivity index is 1.83. The van der Waals surface area contributed by atoms with E-state index in [9.17, 15) is 4.79 Å². The number of aliphatic hydroxyl groups is 1. The standard InChI is InChI=1S/C12H18O5/c1-8(12(14)15-3-2-13)9(4-10-6-16-10)5-11-7-17-11/h9-11,13H,1-7H2.